The van der Waals surface area contributed by atoms with Crippen molar-refractivity contribution in [1.82, 2.24) is 10.1 Å². The first-order valence-electron chi connectivity index (χ1n) is 11.7. The minimum Gasteiger partial charge on any atom is -0.363 e. The molecule has 0 spiro atoms. The number of hydrogen-bond donors (Lipinski definition) is 1. The van der Waals surface area contributed by atoms with Gasteiger partial charge < -0.3 is 14.7 Å². The number of aromatic nitrogens is 1. The lowest BCUT2D eigenvalue weighted by Gasteiger charge is -2.34. The van der Waals surface area contributed by atoms with Crippen molar-refractivity contribution in [2.24, 2.45) is 0 Å². The third-order valence-corrected chi connectivity index (χ3v) is 5.85. The number of carbonyl (C=O) groups excluding carboxylic acids is 2. The summed E-state index contributed by atoms with van der Waals surface area (Å²) in [5.74, 6) is 0.310. The molecule has 1 aromatic heterocycles. The van der Waals surface area contributed by atoms with E-state index in [4.69, 9.17) is 4.52 Å². The van der Waals surface area contributed by atoms with Gasteiger partial charge in [-0.25, -0.2) is 0 Å². The number of nitrogens with one attached hydrogen (secondary N) is 1. The molecule has 1 N–H and O–H groups in total. The molecule has 1 fully saturated rings. The van der Waals surface area contributed by atoms with Gasteiger partial charge in [0, 0.05) is 18.5 Å². The normalized spacial score (nSPS) is 14.7. The van der Waals surface area contributed by atoms with E-state index in [2.05, 4.69) is 17.4 Å². The number of rotatable bonds is 14. The fraction of sp³-hybridized carbons (Fsp3) is 0.783. The molecule has 1 aliphatic rings. The molecule has 1 aromatic rings. The number of hydrogen-bond acceptors (Lipinski definition) is 4. The minimum atomic E-state index is -0.204. The molecule has 0 aromatic carbocycles. The Kier molecular flexibility index (Phi) is 11.5. The molecule has 2 amide bonds. The van der Waals surface area contributed by atoms with E-state index in [0.29, 0.717) is 12.2 Å². The number of carbonyl (C=O) groups is 2. The molecule has 1 aliphatic carbocycles. The van der Waals surface area contributed by atoms with Crippen molar-refractivity contribution < 1.29 is 14.1 Å². The molecular formula is C23H39N3O3. The average molecular weight is 406 g/mol. The molecule has 1 saturated carbocycles. The Labute approximate surface area is 175 Å². The molecule has 1 heterocycles. The van der Waals surface area contributed by atoms with Gasteiger partial charge in [-0.1, -0.05) is 82.7 Å². The van der Waals surface area contributed by atoms with Gasteiger partial charge in [-0.15, -0.1) is 0 Å². The van der Waals surface area contributed by atoms with E-state index in [1.807, 2.05) is 4.90 Å². The first-order valence-corrected chi connectivity index (χ1v) is 11.7. The summed E-state index contributed by atoms with van der Waals surface area (Å²) in [6.45, 7) is 2.35. The predicted octanol–water partition coefficient (Wildman–Crippen LogP) is 5.70. The van der Waals surface area contributed by atoms with Crippen molar-refractivity contribution in [2.75, 3.05) is 11.9 Å². The number of anilines is 1. The Morgan fingerprint density at radius 1 is 1.03 bits per heavy atom. The summed E-state index contributed by atoms with van der Waals surface area (Å²) in [5.41, 5.74) is 0. The standard InChI is InChI=1S/C23H39N3O3/c1-2-3-4-5-6-7-8-9-13-16-23(28)26(20-14-11-10-12-15-20)19-22(27)24-21-17-18-29-25-21/h17-18,20H,2-16,19H2,1H3,(H,24,25,27). The van der Waals surface area contributed by atoms with Gasteiger partial charge in [0.2, 0.25) is 11.8 Å². The molecule has 164 valence electrons. The van der Waals surface area contributed by atoms with Crippen molar-refractivity contribution >= 4 is 17.6 Å². The molecular weight excluding hydrogens is 366 g/mol. The Morgan fingerprint density at radius 3 is 2.31 bits per heavy atom. The Bertz CT molecular complexity index is 568. The van der Waals surface area contributed by atoms with Crippen LogP contribution in [-0.4, -0.2) is 34.5 Å². The average Bonchev–Trinajstić information content (AvgIpc) is 3.24. The number of nitrogens with zero attached hydrogens (tertiary/aromatic N) is 2. The zero-order chi connectivity index (χ0) is 20.7. The van der Waals surface area contributed by atoms with E-state index in [-0.39, 0.29) is 24.4 Å². The van der Waals surface area contributed by atoms with E-state index in [1.54, 1.807) is 6.07 Å². The Morgan fingerprint density at radius 2 is 1.69 bits per heavy atom. The van der Waals surface area contributed by atoms with Crippen LogP contribution in [0.15, 0.2) is 16.9 Å². The van der Waals surface area contributed by atoms with Crippen LogP contribution in [0.1, 0.15) is 103 Å². The summed E-state index contributed by atoms with van der Waals surface area (Å²) in [6.07, 6.45) is 18.6. The second-order valence-corrected chi connectivity index (χ2v) is 8.32. The third-order valence-electron chi connectivity index (χ3n) is 5.85. The Hall–Kier alpha value is -1.85. The van der Waals surface area contributed by atoms with E-state index in [9.17, 15) is 9.59 Å². The maximum atomic E-state index is 12.9. The van der Waals surface area contributed by atoms with E-state index < -0.39 is 0 Å². The van der Waals surface area contributed by atoms with Gasteiger partial charge in [0.25, 0.3) is 0 Å². The molecule has 0 atom stereocenters. The largest absolute Gasteiger partial charge is 0.363 e. The highest BCUT2D eigenvalue weighted by atomic mass is 16.5. The lowest BCUT2D eigenvalue weighted by atomic mass is 9.93. The van der Waals surface area contributed by atoms with Crippen LogP contribution in [0.3, 0.4) is 0 Å². The highest BCUT2D eigenvalue weighted by molar-refractivity contribution is 5.93. The molecule has 0 saturated heterocycles. The fourth-order valence-electron chi connectivity index (χ4n) is 4.16. The molecule has 0 aliphatic heterocycles. The second kappa shape index (κ2) is 14.2. The lowest BCUT2D eigenvalue weighted by molar-refractivity contribution is -0.137. The first-order chi connectivity index (χ1) is 14.2. The van der Waals surface area contributed by atoms with Crippen LogP contribution in [0.2, 0.25) is 0 Å². The summed E-state index contributed by atoms with van der Waals surface area (Å²) in [4.78, 5) is 27.1. The highest BCUT2D eigenvalue weighted by Gasteiger charge is 2.27. The molecule has 6 heteroatoms. The zero-order valence-electron chi connectivity index (χ0n) is 18.2. The number of unbranched alkanes of at least 4 members (excludes halogenated alkanes) is 8. The fourth-order valence-corrected chi connectivity index (χ4v) is 4.16. The van der Waals surface area contributed by atoms with Crippen LogP contribution in [0.5, 0.6) is 0 Å². The van der Waals surface area contributed by atoms with Crippen molar-refractivity contribution in [3.63, 3.8) is 0 Å². The van der Waals surface area contributed by atoms with Gasteiger partial charge in [0.15, 0.2) is 5.82 Å². The van der Waals surface area contributed by atoms with Gasteiger partial charge in [-0.2, -0.15) is 0 Å². The van der Waals surface area contributed by atoms with E-state index >= 15 is 0 Å². The predicted molar refractivity (Wildman–Crippen MR) is 116 cm³/mol. The van der Waals surface area contributed by atoms with Gasteiger partial charge in [0.05, 0.1) is 0 Å². The maximum Gasteiger partial charge on any atom is 0.245 e. The van der Waals surface area contributed by atoms with Gasteiger partial charge in [-0.3, -0.25) is 9.59 Å². The molecule has 2 rings (SSSR count). The minimum absolute atomic E-state index is 0.105. The summed E-state index contributed by atoms with van der Waals surface area (Å²) >= 11 is 0. The molecule has 0 radical (unpaired) electrons. The summed E-state index contributed by atoms with van der Waals surface area (Å²) in [7, 11) is 0. The quantitative estimate of drug-likeness (QED) is 0.403. The van der Waals surface area contributed by atoms with Gasteiger partial charge >= 0.3 is 0 Å². The van der Waals surface area contributed by atoms with E-state index in [0.717, 1.165) is 38.5 Å². The van der Waals surface area contributed by atoms with Crippen LogP contribution in [-0.2, 0) is 9.59 Å². The summed E-state index contributed by atoms with van der Waals surface area (Å²) in [5, 5.41) is 6.43. The van der Waals surface area contributed by atoms with Gasteiger partial charge in [0.1, 0.15) is 12.8 Å². The van der Waals surface area contributed by atoms with Crippen molar-refractivity contribution in [3.05, 3.63) is 12.3 Å². The summed E-state index contributed by atoms with van der Waals surface area (Å²) in [6, 6.07) is 1.80. The monoisotopic (exact) mass is 405 g/mol. The summed E-state index contributed by atoms with van der Waals surface area (Å²) < 4.78 is 4.75. The van der Waals surface area contributed by atoms with Crippen molar-refractivity contribution in [1.29, 1.82) is 0 Å². The van der Waals surface area contributed by atoms with Crippen LogP contribution in [0.25, 0.3) is 0 Å². The van der Waals surface area contributed by atoms with Crippen LogP contribution in [0, 0.1) is 0 Å². The van der Waals surface area contributed by atoms with E-state index in [1.165, 1.54) is 57.6 Å². The third kappa shape index (κ3) is 9.46. The lowest BCUT2D eigenvalue weighted by Crippen LogP contribution is -2.45. The smallest absolute Gasteiger partial charge is 0.245 e. The SMILES string of the molecule is CCCCCCCCCCCC(=O)N(CC(=O)Nc1ccon1)C1CCCCC1. The Balaban J connectivity index is 1.72. The van der Waals surface area contributed by atoms with Crippen molar-refractivity contribution in [2.45, 2.75) is 109 Å². The molecule has 6 nitrogen and oxygen atoms in total. The molecule has 29 heavy (non-hydrogen) atoms. The molecule has 0 unspecified atom stereocenters. The number of amides is 2. The highest BCUT2D eigenvalue weighted by Crippen LogP contribution is 2.24. The molecule has 0 bridgehead atoms. The van der Waals surface area contributed by atoms with Crippen molar-refractivity contribution in [3.8, 4) is 0 Å². The van der Waals surface area contributed by atoms with Crippen LogP contribution in [0.4, 0.5) is 5.82 Å². The van der Waals surface area contributed by atoms with Gasteiger partial charge in [-0.05, 0) is 19.3 Å². The topological polar surface area (TPSA) is 75.4 Å². The second-order valence-electron chi connectivity index (χ2n) is 8.32. The maximum absolute atomic E-state index is 12.9. The van der Waals surface area contributed by atoms with Crippen LogP contribution < -0.4 is 5.32 Å². The zero-order valence-corrected chi connectivity index (χ0v) is 18.2. The first kappa shape index (κ1) is 23.4. The van der Waals surface area contributed by atoms with Crippen LogP contribution >= 0.6 is 0 Å².